The number of hydrogen-bond donors (Lipinski definition) is 1. The number of halogens is 1. The number of carbonyl (C=O) groups is 1. The smallest absolute Gasteiger partial charge is 0.338 e. The molecular formula is C12H8ClNO3. The molecule has 0 saturated carbocycles. The zero-order chi connectivity index (χ0) is 12.3. The highest BCUT2D eigenvalue weighted by atomic mass is 35.5. The molecule has 1 heterocycles. The third kappa shape index (κ3) is 2.73. The Hall–Kier alpha value is -2.07. The van der Waals surface area contributed by atoms with Crippen molar-refractivity contribution in [3.8, 4) is 11.6 Å². The van der Waals surface area contributed by atoms with Gasteiger partial charge in [0.1, 0.15) is 10.9 Å². The number of para-hydroxylation sites is 1. The first kappa shape index (κ1) is 11.4. The predicted molar refractivity (Wildman–Crippen MR) is 62.7 cm³/mol. The van der Waals surface area contributed by atoms with Crippen molar-refractivity contribution in [2.24, 2.45) is 0 Å². The van der Waals surface area contributed by atoms with E-state index in [2.05, 4.69) is 4.98 Å². The molecule has 0 amide bonds. The maximum absolute atomic E-state index is 10.7. The molecular weight excluding hydrogens is 242 g/mol. The molecule has 0 aliphatic rings. The van der Waals surface area contributed by atoms with Gasteiger partial charge in [0.15, 0.2) is 0 Å². The number of carboxylic acid groups (broad SMARTS) is 1. The van der Waals surface area contributed by atoms with Crippen molar-refractivity contribution >= 4 is 17.6 Å². The Morgan fingerprint density at radius 2 is 1.88 bits per heavy atom. The van der Waals surface area contributed by atoms with Crippen molar-refractivity contribution in [2.75, 3.05) is 0 Å². The van der Waals surface area contributed by atoms with Gasteiger partial charge in [-0.1, -0.05) is 29.8 Å². The van der Waals surface area contributed by atoms with E-state index in [1.54, 1.807) is 12.1 Å². The summed E-state index contributed by atoms with van der Waals surface area (Å²) >= 11 is 5.72. The molecule has 0 radical (unpaired) electrons. The molecule has 0 fully saturated rings. The summed E-state index contributed by atoms with van der Waals surface area (Å²) in [5.41, 5.74) is -0.0490. The molecule has 0 atom stereocenters. The van der Waals surface area contributed by atoms with Crippen LogP contribution in [0.1, 0.15) is 10.4 Å². The topological polar surface area (TPSA) is 59.4 Å². The lowest BCUT2D eigenvalue weighted by molar-refractivity contribution is 0.0696. The lowest BCUT2D eigenvalue weighted by Gasteiger charge is -2.05. The van der Waals surface area contributed by atoms with Gasteiger partial charge >= 0.3 is 5.97 Å². The number of nitrogens with zero attached hydrogens (tertiary/aromatic N) is 1. The van der Waals surface area contributed by atoms with E-state index in [0.29, 0.717) is 5.75 Å². The molecule has 2 aromatic rings. The molecule has 1 aromatic carbocycles. The van der Waals surface area contributed by atoms with E-state index in [1.807, 2.05) is 18.2 Å². The average molecular weight is 250 g/mol. The number of pyridine rings is 1. The lowest BCUT2D eigenvalue weighted by Crippen LogP contribution is -1.99. The van der Waals surface area contributed by atoms with E-state index in [-0.39, 0.29) is 16.6 Å². The summed E-state index contributed by atoms with van der Waals surface area (Å²) in [7, 11) is 0. The number of aromatic nitrogens is 1. The molecule has 4 nitrogen and oxygen atoms in total. The van der Waals surface area contributed by atoms with Crippen molar-refractivity contribution in [2.45, 2.75) is 0 Å². The van der Waals surface area contributed by atoms with Gasteiger partial charge < -0.3 is 9.84 Å². The summed E-state index contributed by atoms with van der Waals surface area (Å²) in [5, 5.41) is 8.69. The number of benzene rings is 1. The van der Waals surface area contributed by atoms with Crippen LogP contribution in [0.4, 0.5) is 0 Å². The molecule has 1 N–H and O–H groups in total. The first-order valence-electron chi connectivity index (χ1n) is 4.79. The number of carboxylic acids is 1. The SMILES string of the molecule is O=C(O)c1ccc(Oc2ccccc2)nc1Cl. The maximum Gasteiger partial charge on any atom is 0.338 e. The van der Waals surface area contributed by atoms with Gasteiger partial charge in [0.2, 0.25) is 5.88 Å². The molecule has 0 spiro atoms. The fourth-order valence-electron chi connectivity index (χ4n) is 1.24. The minimum atomic E-state index is -1.12. The van der Waals surface area contributed by atoms with Crippen LogP contribution < -0.4 is 4.74 Å². The molecule has 0 bridgehead atoms. The minimum Gasteiger partial charge on any atom is -0.478 e. The van der Waals surface area contributed by atoms with Crippen LogP contribution in [0, 0.1) is 0 Å². The first-order valence-corrected chi connectivity index (χ1v) is 5.17. The second-order valence-corrected chi connectivity index (χ2v) is 3.57. The van der Waals surface area contributed by atoms with Crippen LogP contribution in [0.5, 0.6) is 11.6 Å². The van der Waals surface area contributed by atoms with Crippen molar-refractivity contribution in [1.82, 2.24) is 4.98 Å². The van der Waals surface area contributed by atoms with E-state index in [4.69, 9.17) is 21.4 Å². The highest BCUT2D eigenvalue weighted by Crippen LogP contribution is 2.22. The van der Waals surface area contributed by atoms with Crippen LogP contribution in [-0.4, -0.2) is 16.1 Å². The Morgan fingerprint density at radius 1 is 1.18 bits per heavy atom. The summed E-state index contributed by atoms with van der Waals surface area (Å²) in [5.74, 6) is -0.251. The van der Waals surface area contributed by atoms with Crippen LogP contribution in [-0.2, 0) is 0 Å². The third-order valence-corrected chi connectivity index (χ3v) is 2.31. The Kier molecular flexibility index (Phi) is 3.25. The molecule has 0 unspecified atom stereocenters. The number of hydrogen-bond acceptors (Lipinski definition) is 3. The summed E-state index contributed by atoms with van der Waals surface area (Å²) in [4.78, 5) is 14.6. The fourth-order valence-corrected chi connectivity index (χ4v) is 1.47. The molecule has 0 aliphatic carbocycles. The highest BCUT2D eigenvalue weighted by Gasteiger charge is 2.11. The number of rotatable bonds is 3. The second kappa shape index (κ2) is 4.84. The van der Waals surface area contributed by atoms with Gasteiger partial charge in [-0.3, -0.25) is 0 Å². The van der Waals surface area contributed by atoms with Gasteiger partial charge in [0.05, 0.1) is 5.56 Å². The zero-order valence-electron chi connectivity index (χ0n) is 8.63. The van der Waals surface area contributed by atoms with Crippen LogP contribution in [0.15, 0.2) is 42.5 Å². The normalized spacial score (nSPS) is 9.94. The Morgan fingerprint density at radius 3 is 2.47 bits per heavy atom. The predicted octanol–water partition coefficient (Wildman–Crippen LogP) is 3.23. The van der Waals surface area contributed by atoms with E-state index in [0.717, 1.165) is 0 Å². The van der Waals surface area contributed by atoms with E-state index < -0.39 is 5.97 Å². The van der Waals surface area contributed by atoms with Crippen molar-refractivity contribution in [3.63, 3.8) is 0 Å². The van der Waals surface area contributed by atoms with Crippen molar-refractivity contribution < 1.29 is 14.6 Å². The molecule has 86 valence electrons. The Bertz CT molecular complexity index is 543. The molecule has 0 aliphatic heterocycles. The van der Waals surface area contributed by atoms with Gasteiger partial charge in [0.25, 0.3) is 0 Å². The molecule has 5 heteroatoms. The van der Waals surface area contributed by atoms with E-state index in [1.165, 1.54) is 12.1 Å². The van der Waals surface area contributed by atoms with Crippen LogP contribution in [0.25, 0.3) is 0 Å². The monoisotopic (exact) mass is 249 g/mol. The molecule has 1 aromatic heterocycles. The van der Waals surface area contributed by atoms with Gasteiger partial charge in [0, 0.05) is 6.07 Å². The molecule has 0 saturated heterocycles. The maximum atomic E-state index is 10.7. The van der Waals surface area contributed by atoms with Crippen molar-refractivity contribution in [3.05, 3.63) is 53.2 Å². The fraction of sp³-hybridized carbons (Fsp3) is 0. The van der Waals surface area contributed by atoms with E-state index in [9.17, 15) is 4.79 Å². The van der Waals surface area contributed by atoms with Gasteiger partial charge in [-0.2, -0.15) is 0 Å². The molecule has 2 rings (SSSR count). The van der Waals surface area contributed by atoms with Gasteiger partial charge in [-0.15, -0.1) is 0 Å². The second-order valence-electron chi connectivity index (χ2n) is 3.21. The Balaban J connectivity index is 2.24. The first-order chi connectivity index (χ1) is 8.16. The average Bonchev–Trinajstić information content (AvgIpc) is 2.30. The van der Waals surface area contributed by atoms with Crippen molar-refractivity contribution in [1.29, 1.82) is 0 Å². The summed E-state index contributed by atoms with van der Waals surface area (Å²) in [6.45, 7) is 0. The molecule has 17 heavy (non-hydrogen) atoms. The minimum absolute atomic E-state index is 0.0490. The Labute approximate surface area is 102 Å². The van der Waals surface area contributed by atoms with Gasteiger partial charge in [-0.25, -0.2) is 9.78 Å². The summed E-state index contributed by atoms with van der Waals surface area (Å²) in [6.07, 6.45) is 0. The van der Waals surface area contributed by atoms with E-state index >= 15 is 0 Å². The zero-order valence-corrected chi connectivity index (χ0v) is 9.39. The summed E-state index contributed by atoms with van der Waals surface area (Å²) in [6, 6.07) is 11.9. The van der Waals surface area contributed by atoms with Crippen LogP contribution >= 0.6 is 11.6 Å². The standard InChI is InChI=1S/C12H8ClNO3/c13-11-9(12(15)16)6-7-10(14-11)17-8-4-2-1-3-5-8/h1-7H,(H,15,16). The van der Waals surface area contributed by atoms with Crippen LogP contribution in [0.2, 0.25) is 5.15 Å². The van der Waals surface area contributed by atoms with Crippen LogP contribution in [0.3, 0.4) is 0 Å². The lowest BCUT2D eigenvalue weighted by atomic mass is 10.3. The largest absolute Gasteiger partial charge is 0.478 e. The quantitative estimate of drug-likeness (QED) is 0.849. The number of aromatic carboxylic acids is 1. The summed E-state index contributed by atoms with van der Waals surface area (Å²) < 4.78 is 5.41. The third-order valence-electron chi connectivity index (χ3n) is 2.02. The number of ether oxygens (including phenoxy) is 1. The van der Waals surface area contributed by atoms with Gasteiger partial charge in [-0.05, 0) is 18.2 Å². The highest BCUT2D eigenvalue weighted by molar-refractivity contribution is 6.32.